The fourth-order valence-electron chi connectivity index (χ4n) is 3.43. The molecule has 0 atom stereocenters. The van der Waals surface area contributed by atoms with Crippen LogP contribution in [-0.4, -0.2) is 32.5 Å². The van der Waals surface area contributed by atoms with Gasteiger partial charge in [0.05, 0.1) is 18.4 Å². The molecule has 0 spiro atoms. The zero-order valence-corrected chi connectivity index (χ0v) is 17.6. The fraction of sp³-hybridized carbons (Fsp3) is 0.421. The van der Waals surface area contributed by atoms with Crippen molar-refractivity contribution in [2.45, 2.75) is 44.9 Å². The lowest BCUT2D eigenvalue weighted by molar-refractivity contribution is 0.177. The first-order valence-electron chi connectivity index (χ1n) is 8.92. The number of imidazole rings is 1. The van der Waals surface area contributed by atoms with Gasteiger partial charge < -0.3 is 20.2 Å². The van der Waals surface area contributed by atoms with Crippen LogP contribution in [0.3, 0.4) is 0 Å². The van der Waals surface area contributed by atoms with E-state index in [-0.39, 0.29) is 24.8 Å². The number of pyridine rings is 1. The summed E-state index contributed by atoms with van der Waals surface area (Å²) in [6.07, 6.45) is 5.90. The Morgan fingerprint density at radius 2 is 2.07 bits per heavy atom. The number of halogens is 2. The van der Waals surface area contributed by atoms with Crippen LogP contribution in [0.4, 0.5) is 5.82 Å². The molecule has 28 heavy (non-hydrogen) atoms. The maximum Gasteiger partial charge on any atom is 0.156 e. The van der Waals surface area contributed by atoms with Gasteiger partial charge in [0.25, 0.3) is 0 Å². The highest BCUT2D eigenvalue weighted by atomic mass is 35.5. The number of ether oxygens (including phenoxy) is 1. The maximum absolute atomic E-state index is 5.94. The molecule has 0 aromatic carbocycles. The Hall–Kier alpha value is -1.93. The third-order valence-corrected chi connectivity index (χ3v) is 4.92. The molecule has 0 radical (unpaired) electrons. The SMILES string of the molecule is COCc1nc(NCc2cnc3c(C)cccn23)cc(C2CC(N)C2)n1.Cl.Cl. The van der Waals surface area contributed by atoms with Gasteiger partial charge in [0.15, 0.2) is 5.82 Å². The van der Waals surface area contributed by atoms with E-state index in [1.54, 1.807) is 7.11 Å². The monoisotopic (exact) mass is 424 g/mol. The van der Waals surface area contributed by atoms with E-state index < -0.39 is 0 Å². The largest absolute Gasteiger partial charge is 0.377 e. The quantitative estimate of drug-likeness (QED) is 0.630. The molecule has 1 aliphatic carbocycles. The lowest BCUT2D eigenvalue weighted by Crippen LogP contribution is -2.35. The van der Waals surface area contributed by atoms with Crippen LogP contribution in [0.2, 0.25) is 0 Å². The second-order valence-electron chi connectivity index (χ2n) is 6.94. The molecule has 1 aliphatic rings. The molecule has 0 amide bonds. The van der Waals surface area contributed by atoms with Crippen LogP contribution < -0.4 is 11.1 Å². The van der Waals surface area contributed by atoms with Gasteiger partial charge in [-0.1, -0.05) is 6.07 Å². The number of aromatic nitrogens is 4. The highest BCUT2D eigenvalue weighted by Crippen LogP contribution is 2.35. The smallest absolute Gasteiger partial charge is 0.156 e. The number of nitrogens with one attached hydrogen (secondary N) is 1. The van der Waals surface area contributed by atoms with E-state index in [0.717, 1.165) is 41.3 Å². The Morgan fingerprint density at radius 1 is 1.29 bits per heavy atom. The summed E-state index contributed by atoms with van der Waals surface area (Å²) in [5, 5.41) is 3.41. The third-order valence-electron chi connectivity index (χ3n) is 4.92. The predicted octanol–water partition coefficient (Wildman–Crippen LogP) is 3.24. The van der Waals surface area contributed by atoms with Crippen molar-refractivity contribution in [1.29, 1.82) is 0 Å². The van der Waals surface area contributed by atoms with Crippen molar-refractivity contribution in [3.8, 4) is 0 Å². The summed E-state index contributed by atoms with van der Waals surface area (Å²) < 4.78 is 7.32. The van der Waals surface area contributed by atoms with E-state index in [4.69, 9.17) is 10.5 Å². The van der Waals surface area contributed by atoms with Crippen molar-refractivity contribution in [1.82, 2.24) is 19.4 Å². The van der Waals surface area contributed by atoms with Crippen molar-refractivity contribution in [2.24, 2.45) is 5.73 Å². The second-order valence-corrected chi connectivity index (χ2v) is 6.94. The van der Waals surface area contributed by atoms with E-state index in [2.05, 4.69) is 37.7 Å². The summed E-state index contributed by atoms with van der Waals surface area (Å²) in [4.78, 5) is 13.7. The molecule has 0 aliphatic heterocycles. The topological polar surface area (TPSA) is 90.4 Å². The molecule has 3 aromatic rings. The van der Waals surface area contributed by atoms with Crippen LogP contribution in [0.25, 0.3) is 5.65 Å². The minimum Gasteiger partial charge on any atom is -0.377 e. The Morgan fingerprint density at radius 3 is 2.79 bits per heavy atom. The molecule has 1 saturated carbocycles. The molecule has 152 valence electrons. The molecule has 1 fully saturated rings. The molecule has 4 rings (SSSR count). The Balaban J connectivity index is 0.00000140. The lowest BCUT2D eigenvalue weighted by Gasteiger charge is -2.32. The van der Waals surface area contributed by atoms with Gasteiger partial charge in [-0.15, -0.1) is 24.8 Å². The number of rotatable bonds is 6. The number of nitrogens with zero attached hydrogens (tertiary/aromatic N) is 4. The van der Waals surface area contributed by atoms with E-state index in [1.807, 2.05) is 24.5 Å². The molecule has 3 aromatic heterocycles. The van der Waals surface area contributed by atoms with Crippen LogP contribution in [0.5, 0.6) is 0 Å². The average Bonchev–Trinajstić information content (AvgIpc) is 3.02. The van der Waals surface area contributed by atoms with E-state index in [9.17, 15) is 0 Å². The van der Waals surface area contributed by atoms with Gasteiger partial charge in [0.2, 0.25) is 0 Å². The van der Waals surface area contributed by atoms with Gasteiger partial charge in [-0.2, -0.15) is 0 Å². The van der Waals surface area contributed by atoms with Crippen molar-refractivity contribution < 1.29 is 4.74 Å². The predicted molar refractivity (Wildman–Crippen MR) is 114 cm³/mol. The maximum atomic E-state index is 5.94. The van der Waals surface area contributed by atoms with Crippen LogP contribution in [-0.2, 0) is 17.9 Å². The molecule has 9 heteroatoms. The molecular weight excluding hydrogens is 399 g/mol. The Kier molecular flexibility index (Phi) is 7.60. The minimum absolute atomic E-state index is 0. The zero-order valence-electron chi connectivity index (χ0n) is 16.0. The summed E-state index contributed by atoms with van der Waals surface area (Å²) in [7, 11) is 1.66. The summed E-state index contributed by atoms with van der Waals surface area (Å²) in [6, 6.07) is 6.42. The summed E-state index contributed by atoms with van der Waals surface area (Å²) in [5.41, 5.74) is 10.2. The van der Waals surface area contributed by atoms with Gasteiger partial charge in [0.1, 0.15) is 18.1 Å². The fourth-order valence-corrected chi connectivity index (χ4v) is 3.43. The summed E-state index contributed by atoms with van der Waals surface area (Å²) in [5.74, 6) is 1.93. The molecule has 0 bridgehead atoms. The molecule has 3 N–H and O–H groups in total. The zero-order chi connectivity index (χ0) is 18.1. The molecule has 0 unspecified atom stereocenters. The van der Waals surface area contributed by atoms with Gasteiger partial charge in [-0.05, 0) is 31.4 Å². The normalized spacial score (nSPS) is 18.1. The van der Waals surface area contributed by atoms with Crippen LogP contribution >= 0.6 is 24.8 Å². The number of anilines is 1. The third kappa shape index (κ3) is 4.55. The molecular formula is C19H26Cl2N6O. The first-order chi connectivity index (χ1) is 12.6. The second kappa shape index (κ2) is 9.52. The Bertz CT molecular complexity index is 926. The van der Waals surface area contributed by atoms with Crippen LogP contribution in [0, 0.1) is 6.92 Å². The van der Waals surface area contributed by atoms with Gasteiger partial charge in [-0.25, -0.2) is 15.0 Å². The summed E-state index contributed by atoms with van der Waals surface area (Å²) in [6.45, 7) is 3.10. The number of fused-ring (bicyclic) bond motifs is 1. The average molecular weight is 425 g/mol. The molecule has 0 saturated heterocycles. The van der Waals surface area contributed by atoms with Crippen LogP contribution in [0.1, 0.15) is 41.5 Å². The molecule has 3 heterocycles. The van der Waals surface area contributed by atoms with Gasteiger partial charge >= 0.3 is 0 Å². The number of methoxy groups -OCH3 is 1. The lowest BCUT2D eigenvalue weighted by atomic mass is 9.78. The van der Waals surface area contributed by atoms with E-state index >= 15 is 0 Å². The van der Waals surface area contributed by atoms with E-state index in [1.165, 1.54) is 0 Å². The van der Waals surface area contributed by atoms with Gasteiger partial charge in [0, 0.05) is 37.0 Å². The number of hydrogen-bond acceptors (Lipinski definition) is 6. The number of nitrogens with two attached hydrogens (primary N) is 1. The molecule has 7 nitrogen and oxygen atoms in total. The van der Waals surface area contributed by atoms with Crippen LogP contribution in [0.15, 0.2) is 30.6 Å². The first kappa shape index (κ1) is 22.4. The van der Waals surface area contributed by atoms with Crippen molar-refractivity contribution >= 4 is 36.3 Å². The Labute approximate surface area is 176 Å². The number of aryl methyl sites for hydroxylation is 1. The number of hydrogen-bond donors (Lipinski definition) is 2. The van der Waals surface area contributed by atoms with Crippen molar-refractivity contribution in [2.75, 3.05) is 12.4 Å². The van der Waals surface area contributed by atoms with Crippen molar-refractivity contribution in [3.05, 3.63) is 53.4 Å². The van der Waals surface area contributed by atoms with Crippen molar-refractivity contribution in [3.63, 3.8) is 0 Å². The van der Waals surface area contributed by atoms with E-state index in [0.29, 0.717) is 30.9 Å². The van der Waals surface area contributed by atoms with Gasteiger partial charge in [-0.3, -0.25) is 0 Å². The minimum atomic E-state index is 0. The highest BCUT2D eigenvalue weighted by Gasteiger charge is 2.29. The first-order valence-corrected chi connectivity index (χ1v) is 8.92. The standard InChI is InChI=1S/C19H24N6O.2ClH/c1-12-4-3-5-25-15(10-22-19(12)25)9-21-17-8-16(13-6-14(20)7-13)23-18(24-17)11-26-2;;/h3-5,8,10,13-14H,6-7,9,11,20H2,1-2H3,(H,21,23,24);2*1H. The summed E-state index contributed by atoms with van der Waals surface area (Å²) >= 11 is 0. The highest BCUT2D eigenvalue weighted by molar-refractivity contribution is 5.85.